The lowest BCUT2D eigenvalue weighted by atomic mass is 10.1. The number of nitrogens with one attached hydrogen (secondary N) is 1. The number of amides is 1. The number of pyridine rings is 1. The topological polar surface area (TPSA) is 91.6 Å². The summed E-state index contributed by atoms with van der Waals surface area (Å²) in [6, 6.07) is 7.85. The van der Waals surface area contributed by atoms with E-state index >= 15 is 0 Å². The summed E-state index contributed by atoms with van der Waals surface area (Å²) in [6.45, 7) is 2.52. The van der Waals surface area contributed by atoms with Crippen molar-refractivity contribution in [1.29, 1.82) is 0 Å². The van der Waals surface area contributed by atoms with Crippen molar-refractivity contribution < 1.29 is 18.5 Å². The minimum Gasteiger partial charge on any atom is -0.368 e. The number of anilines is 2. The van der Waals surface area contributed by atoms with Crippen molar-refractivity contribution in [2.45, 2.75) is 0 Å². The lowest BCUT2D eigenvalue weighted by molar-refractivity contribution is -0.383. The Bertz CT molecular complexity index is 1130. The van der Waals surface area contributed by atoms with Gasteiger partial charge < -0.3 is 10.2 Å². The van der Waals surface area contributed by atoms with Crippen LogP contribution < -0.4 is 10.2 Å². The van der Waals surface area contributed by atoms with E-state index in [4.69, 9.17) is 0 Å². The molecule has 0 unspecified atom stereocenters. The van der Waals surface area contributed by atoms with Crippen molar-refractivity contribution in [2.24, 2.45) is 0 Å². The van der Waals surface area contributed by atoms with Crippen molar-refractivity contribution >= 4 is 33.7 Å². The fourth-order valence-corrected chi connectivity index (χ4v) is 3.77. The summed E-state index contributed by atoms with van der Waals surface area (Å²) in [6.07, 6.45) is 3.10. The zero-order chi connectivity index (χ0) is 22.0. The number of carbonyl (C=O) groups is 1. The van der Waals surface area contributed by atoms with Crippen molar-refractivity contribution in [3.63, 3.8) is 0 Å². The van der Waals surface area contributed by atoms with Gasteiger partial charge in [-0.3, -0.25) is 24.8 Å². The predicted molar refractivity (Wildman–Crippen MR) is 112 cm³/mol. The molecule has 1 amide bonds. The molecule has 1 N–H and O–H groups in total. The molecular formula is C21H19F2N5O3. The van der Waals surface area contributed by atoms with E-state index in [0.717, 1.165) is 29.3 Å². The predicted octanol–water partition coefficient (Wildman–Crippen LogP) is 3.18. The molecule has 0 bridgehead atoms. The molecule has 1 aromatic heterocycles. The number of nitro groups is 1. The van der Waals surface area contributed by atoms with Gasteiger partial charge in [0.1, 0.15) is 11.6 Å². The summed E-state index contributed by atoms with van der Waals surface area (Å²) in [4.78, 5) is 31.2. The number of hydrogen-bond donors (Lipinski definition) is 1. The molecular weight excluding hydrogens is 408 g/mol. The zero-order valence-corrected chi connectivity index (χ0v) is 16.4. The average Bonchev–Trinajstić information content (AvgIpc) is 2.72. The monoisotopic (exact) mass is 427 g/mol. The maximum Gasteiger partial charge on any atom is 0.278 e. The van der Waals surface area contributed by atoms with E-state index in [1.54, 1.807) is 18.3 Å². The second-order valence-corrected chi connectivity index (χ2v) is 7.25. The molecule has 3 aromatic rings. The second kappa shape index (κ2) is 8.60. The van der Waals surface area contributed by atoms with Gasteiger partial charge in [0.05, 0.1) is 16.9 Å². The number of aromatic nitrogens is 1. The molecule has 31 heavy (non-hydrogen) atoms. The average molecular weight is 427 g/mol. The molecule has 2 heterocycles. The zero-order valence-electron chi connectivity index (χ0n) is 16.4. The van der Waals surface area contributed by atoms with Crippen molar-refractivity contribution in [3.8, 4) is 0 Å². The minimum atomic E-state index is -0.755. The number of benzene rings is 2. The lowest BCUT2D eigenvalue weighted by Gasteiger charge is -2.36. The first-order chi connectivity index (χ1) is 14.9. The Balaban J connectivity index is 1.40. The summed E-state index contributed by atoms with van der Waals surface area (Å²) >= 11 is 0. The summed E-state index contributed by atoms with van der Waals surface area (Å²) < 4.78 is 26.5. The third-order valence-electron chi connectivity index (χ3n) is 5.20. The molecule has 0 radical (unpaired) electrons. The number of rotatable bonds is 5. The Morgan fingerprint density at radius 2 is 1.77 bits per heavy atom. The number of carbonyl (C=O) groups excluding carboxylic acids is 1. The summed E-state index contributed by atoms with van der Waals surface area (Å²) in [5, 5.41) is 15.0. The third-order valence-corrected chi connectivity index (χ3v) is 5.20. The second-order valence-electron chi connectivity index (χ2n) is 7.25. The fraction of sp³-hybridized carbons (Fsp3) is 0.238. The van der Waals surface area contributed by atoms with Gasteiger partial charge in [-0.05, 0) is 24.3 Å². The van der Waals surface area contributed by atoms with Gasteiger partial charge in [0.25, 0.3) is 5.69 Å². The van der Waals surface area contributed by atoms with Gasteiger partial charge in [0.2, 0.25) is 5.91 Å². The maximum absolute atomic E-state index is 13.3. The molecule has 0 saturated carbocycles. The highest BCUT2D eigenvalue weighted by molar-refractivity contribution is 5.99. The number of nitro benzene ring substituents is 1. The maximum atomic E-state index is 13.3. The van der Waals surface area contributed by atoms with E-state index in [-0.39, 0.29) is 23.8 Å². The van der Waals surface area contributed by atoms with Gasteiger partial charge in [-0.1, -0.05) is 0 Å². The smallest absolute Gasteiger partial charge is 0.278 e. The van der Waals surface area contributed by atoms with Crippen LogP contribution in [0.1, 0.15) is 0 Å². The SMILES string of the molecule is O=C(CN1CCN(c2ccc([N+](=O)[O-])c3cnccc23)CC1)Nc1cc(F)cc(F)c1. The third kappa shape index (κ3) is 4.58. The number of nitrogens with zero attached hydrogens (tertiary/aromatic N) is 4. The van der Waals surface area contributed by atoms with Crippen LogP contribution in [0.25, 0.3) is 10.8 Å². The van der Waals surface area contributed by atoms with Gasteiger partial charge in [-0.15, -0.1) is 0 Å². The van der Waals surface area contributed by atoms with Crippen LogP contribution in [0, 0.1) is 21.7 Å². The Morgan fingerprint density at radius 1 is 1.06 bits per heavy atom. The molecule has 160 valence electrons. The number of hydrogen-bond acceptors (Lipinski definition) is 6. The van der Waals surface area contributed by atoms with Crippen LogP contribution in [0.15, 0.2) is 48.8 Å². The van der Waals surface area contributed by atoms with E-state index in [9.17, 15) is 23.7 Å². The van der Waals surface area contributed by atoms with Crippen molar-refractivity contribution in [1.82, 2.24) is 9.88 Å². The van der Waals surface area contributed by atoms with Crippen LogP contribution in [0.2, 0.25) is 0 Å². The van der Waals surface area contributed by atoms with E-state index < -0.39 is 16.6 Å². The Morgan fingerprint density at radius 3 is 2.45 bits per heavy atom. The molecule has 8 nitrogen and oxygen atoms in total. The highest BCUT2D eigenvalue weighted by Crippen LogP contribution is 2.33. The number of piperazine rings is 1. The van der Waals surface area contributed by atoms with Crippen LogP contribution in [-0.4, -0.2) is 53.4 Å². The van der Waals surface area contributed by atoms with Crippen LogP contribution in [-0.2, 0) is 4.79 Å². The van der Waals surface area contributed by atoms with Crippen LogP contribution in [0.5, 0.6) is 0 Å². The van der Waals surface area contributed by atoms with Gasteiger partial charge in [-0.2, -0.15) is 0 Å². The molecule has 10 heteroatoms. The highest BCUT2D eigenvalue weighted by Gasteiger charge is 2.23. The normalized spacial score (nSPS) is 14.6. The standard InChI is InChI=1S/C21H19F2N5O3/c22-14-9-15(23)11-16(10-14)25-21(29)13-26-5-7-27(8-6-26)19-1-2-20(28(30)31)18-12-24-4-3-17(18)19/h1-4,9-12H,5-8,13H2,(H,25,29). The summed E-state index contributed by atoms with van der Waals surface area (Å²) in [7, 11) is 0. The minimum absolute atomic E-state index is 0.0101. The molecule has 0 spiro atoms. The quantitative estimate of drug-likeness (QED) is 0.497. The van der Waals surface area contributed by atoms with E-state index in [1.807, 2.05) is 4.90 Å². The van der Waals surface area contributed by atoms with Gasteiger partial charge in [0.15, 0.2) is 0 Å². The first-order valence-corrected chi connectivity index (χ1v) is 9.65. The fourth-order valence-electron chi connectivity index (χ4n) is 3.77. The summed E-state index contributed by atoms with van der Waals surface area (Å²) in [5.41, 5.74) is 0.963. The van der Waals surface area contributed by atoms with Gasteiger partial charge >= 0.3 is 0 Å². The van der Waals surface area contributed by atoms with Gasteiger partial charge in [0, 0.05) is 67.5 Å². The molecule has 0 atom stereocenters. The molecule has 1 saturated heterocycles. The highest BCUT2D eigenvalue weighted by atomic mass is 19.1. The molecule has 1 fully saturated rings. The molecule has 4 rings (SSSR count). The largest absolute Gasteiger partial charge is 0.368 e. The number of fused-ring (bicyclic) bond motifs is 1. The van der Waals surface area contributed by atoms with Gasteiger partial charge in [-0.25, -0.2) is 8.78 Å². The molecule has 1 aliphatic rings. The Labute approximate surface area is 176 Å². The molecule has 1 aliphatic heterocycles. The van der Waals surface area contributed by atoms with E-state index in [0.29, 0.717) is 31.6 Å². The summed E-state index contributed by atoms with van der Waals surface area (Å²) in [5.74, 6) is -1.87. The van der Waals surface area contributed by atoms with Crippen molar-refractivity contribution in [3.05, 3.63) is 70.5 Å². The number of non-ortho nitro benzene ring substituents is 1. The lowest BCUT2D eigenvalue weighted by Crippen LogP contribution is -2.48. The Hall–Kier alpha value is -3.66. The van der Waals surface area contributed by atoms with E-state index in [1.165, 1.54) is 12.3 Å². The van der Waals surface area contributed by atoms with Crippen LogP contribution in [0.4, 0.5) is 25.8 Å². The Kier molecular flexibility index (Phi) is 5.72. The van der Waals surface area contributed by atoms with Crippen molar-refractivity contribution in [2.75, 3.05) is 42.9 Å². The number of halogens is 2. The molecule has 0 aliphatic carbocycles. The van der Waals surface area contributed by atoms with Crippen LogP contribution >= 0.6 is 0 Å². The molecule has 2 aromatic carbocycles. The van der Waals surface area contributed by atoms with Crippen LogP contribution in [0.3, 0.4) is 0 Å². The first kappa shape index (κ1) is 20.6. The first-order valence-electron chi connectivity index (χ1n) is 9.65. The van der Waals surface area contributed by atoms with E-state index in [2.05, 4.69) is 15.2 Å².